The van der Waals surface area contributed by atoms with Gasteiger partial charge in [-0.15, -0.1) is 0 Å². The summed E-state index contributed by atoms with van der Waals surface area (Å²) in [6.07, 6.45) is 0.385. The number of carboxylic acids is 1. The third-order valence-electron chi connectivity index (χ3n) is 2.52. The van der Waals surface area contributed by atoms with Crippen molar-refractivity contribution in [1.29, 1.82) is 0 Å². The Labute approximate surface area is 109 Å². The molecule has 0 bridgehead atoms. The van der Waals surface area contributed by atoms with E-state index in [1.54, 1.807) is 27.2 Å². The molecule has 4 nitrogen and oxygen atoms in total. The zero-order chi connectivity index (χ0) is 13.0. The summed E-state index contributed by atoms with van der Waals surface area (Å²) in [6.45, 7) is 1.66. The molecule has 1 atom stereocenters. The first kappa shape index (κ1) is 13.8. The second-order valence-corrected chi connectivity index (χ2v) is 4.56. The molecule has 1 aromatic rings. The molecule has 0 aromatic heterocycles. The van der Waals surface area contributed by atoms with Crippen molar-refractivity contribution in [1.82, 2.24) is 0 Å². The summed E-state index contributed by atoms with van der Waals surface area (Å²) in [4.78, 5) is 10.9. The summed E-state index contributed by atoms with van der Waals surface area (Å²) in [6, 6.07) is 3.60. The summed E-state index contributed by atoms with van der Waals surface area (Å²) in [5.74, 6) is -0.132. The van der Waals surface area contributed by atoms with E-state index in [-0.39, 0.29) is 0 Å². The molecule has 0 saturated carbocycles. The van der Waals surface area contributed by atoms with E-state index in [0.29, 0.717) is 17.9 Å². The fourth-order valence-electron chi connectivity index (χ4n) is 1.55. The van der Waals surface area contributed by atoms with Crippen LogP contribution >= 0.6 is 15.9 Å². The van der Waals surface area contributed by atoms with Crippen LogP contribution in [0.15, 0.2) is 16.6 Å². The van der Waals surface area contributed by atoms with E-state index in [1.807, 2.05) is 6.07 Å². The summed E-state index contributed by atoms with van der Waals surface area (Å²) in [5, 5.41) is 8.94. The van der Waals surface area contributed by atoms with Crippen molar-refractivity contribution in [3.05, 3.63) is 22.2 Å². The van der Waals surface area contributed by atoms with Crippen molar-refractivity contribution in [3.63, 3.8) is 0 Å². The highest BCUT2D eigenvalue weighted by Gasteiger charge is 2.19. The van der Waals surface area contributed by atoms with E-state index in [0.717, 1.165) is 10.0 Å². The third kappa shape index (κ3) is 3.12. The van der Waals surface area contributed by atoms with E-state index in [4.69, 9.17) is 14.6 Å². The number of carbonyl (C=O) groups is 1. The minimum absolute atomic E-state index is 0.385. The van der Waals surface area contributed by atoms with Crippen LogP contribution in [0.1, 0.15) is 12.5 Å². The van der Waals surface area contributed by atoms with Crippen LogP contribution in [0.2, 0.25) is 0 Å². The summed E-state index contributed by atoms with van der Waals surface area (Å²) in [7, 11) is 3.09. The Bertz CT molecular complexity index is 417. The Morgan fingerprint density at radius 1 is 1.41 bits per heavy atom. The van der Waals surface area contributed by atoms with Crippen LogP contribution in [0.4, 0.5) is 0 Å². The van der Waals surface area contributed by atoms with Gasteiger partial charge in [0.2, 0.25) is 0 Å². The topological polar surface area (TPSA) is 55.8 Å². The number of carboxylic acid groups (broad SMARTS) is 1. The predicted molar refractivity (Wildman–Crippen MR) is 67.7 cm³/mol. The molecule has 1 rings (SSSR count). The molecular weight excluding hydrogens is 288 g/mol. The minimum Gasteiger partial charge on any atom is -0.493 e. The Kier molecular flexibility index (Phi) is 4.81. The molecule has 0 saturated heterocycles. The molecule has 0 radical (unpaired) electrons. The van der Waals surface area contributed by atoms with Gasteiger partial charge in [-0.3, -0.25) is 4.79 Å². The number of methoxy groups -OCH3 is 2. The van der Waals surface area contributed by atoms with Gasteiger partial charge in [0.1, 0.15) is 0 Å². The molecular formula is C12H15BrO4. The highest BCUT2D eigenvalue weighted by atomic mass is 79.9. The lowest BCUT2D eigenvalue weighted by atomic mass is 10.00. The zero-order valence-electron chi connectivity index (χ0n) is 9.99. The van der Waals surface area contributed by atoms with Crippen molar-refractivity contribution in [2.24, 2.45) is 5.92 Å². The number of benzene rings is 1. The van der Waals surface area contributed by atoms with Crippen LogP contribution < -0.4 is 9.47 Å². The molecule has 0 fully saturated rings. The van der Waals surface area contributed by atoms with E-state index in [1.165, 1.54) is 0 Å². The number of rotatable bonds is 5. The van der Waals surface area contributed by atoms with Crippen molar-refractivity contribution in [2.75, 3.05) is 14.2 Å². The number of halogens is 1. The van der Waals surface area contributed by atoms with Gasteiger partial charge in [0.15, 0.2) is 11.5 Å². The van der Waals surface area contributed by atoms with Gasteiger partial charge in [0.05, 0.1) is 20.1 Å². The van der Waals surface area contributed by atoms with Gasteiger partial charge in [-0.2, -0.15) is 0 Å². The van der Waals surface area contributed by atoms with E-state index >= 15 is 0 Å². The number of hydrogen-bond donors (Lipinski definition) is 1. The van der Waals surface area contributed by atoms with Crippen LogP contribution in [0.25, 0.3) is 0 Å². The number of aliphatic carboxylic acids is 1. The quantitative estimate of drug-likeness (QED) is 0.908. The maximum absolute atomic E-state index is 10.9. The fraction of sp³-hybridized carbons (Fsp3) is 0.417. The first-order chi connectivity index (χ1) is 8.01. The molecule has 0 amide bonds. The molecule has 17 heavy (non-hydrogen) atoms. The Morgan fingerprint density at radius 2 is 2.06 bits per heavy atom. The smallest absolute Gasteiger partial charge is 0.306 e. The van der Waals surface area contributed by atoms with Gasteiger partial charge in [-0.25, -0.2) is 0 Å². The summed E-state index contributed by atoms with van der Waals surface area (Å²) >= 11 is 3.40. The lowest BCUT2D eigenvalue weighted by molar-refractivity contribution is -0.141. The van der Waals surface area contributed by atoms with E-state index in [2.05, 4.69) is 15.9 Å². The zero-order valence-corrected chi connectivity index (χ0v) is 11.6. The second-order valence-electron chi connectivity index (χ2n) is 3.70. The van der Waals surface area contributed by atoms with Gasteiger partial charge in [-0.05, 0) is 18.6 Å². The largest absolute Gasteiger partial charge is 0.493 e. The lowest BCUT2D eigenvalue weighted by Gasteiger charge is -2.15. The molecule has 1 unspecified atom stereocenters. The Hall–Kier alpha value is -1.23. The normalized spacial score (nSPS) is 12.0. The monoisotopic (exact) mass is 302 g/mol. The average molecular weight is 303 g/mol. The van der Waals surface area contributed by atoms with E-state index in [9.17, 15) is 4.79 Å². The highest BCUT2D eigenvalue weighted by Crippen LogP contribution is 2.37. The average Bonchev–Trinajstić information content (AvgIpc) is 2.31. The van der Waals surface area contributed by atoms with Gasteiger partial charge >= 0.3 is 5.97 Å². The van der Waals surface area contributed by atoms with Gasteiger partial charge < -0.3 is 14.6 Å². The van der Waals surface area contributed by atoms with Crippen LogP contribution in [0, 0.1) is 5.92 Å². The molecule has 0 aliphatic carbocycles. The Balaban J connectivity index is 3.16. The third-order valence-corrected chi connectivity index (χ3v) is 3.27. The van der Waals surface area contributed by atoms with Crippen molar-refractivity contribution < 1.29 is 19.4 Å². The molecule has 1 N–H and O–H groups in total. The van der Waals surface area contributed by atoms with Crippen LogP contribution in [0.5, 0.6) is 11.5 Å². The number of hydrogen-bond acceptors (Lipinski definition) is 3. The van der Waals surface area contributed by atoms with E-state index < -0.39 is 11.9 Å². The summed E-state index contributed by atoms with van der Waals surface area (Å²) in [5.41, 5.74) is 0.807. The standard InChI is InChI=1S/C12H15BrO4/c1-7(12(14)15)6-8-9(13)4-5-10(16-2)11(8)17-3/h4-5,7H,6H2,1-3H3,(H,14,15). The molecule has 5 heteroatoms. The van der Waals surface area contributed by atoms with Crippen molar-refractivity contribution in [3.8, 4) is 11.5 Å². The van der Waals surface area contributed by atoms with Gasteiger partial charge in [-0.1, -0.05) is 22.9 Å². The Morgan fingerprint density at radius 3 is 2.53 bits per heavy atom. The second kappa shape index (κ2) is 5.91. The molecule has 1 aromatic carbocycles. The predicted octanol–water partition coefficient (Wildman–Crippen LogP) is 2.73. The first-order valence-electron chi connectivity index (χ1n) is 5.13. The summed E-state index contributed by atoms with van der Waals surface area (Å²) < 4.78 is 11.3. The molecule has 94 valence electrons. The van der Waals surface area contributed by atoms with Crippen molar-refractivity contribution in [2.45, 2.75) is 13.3 Å². The maximum Gasteiger partial charge on any atom is 0.306 e. The molecule has 0 spiro atoms. The van der Waals surface area contributed by atoms with Crippen molar-refractivity contribution >= 4 is 21.9 Å². The SMILES string of the molecule is COc1ccc(Br)c(CC(C)C(=O)O)c1OC. The first-order valence-corrected chi connectivity index (χ1v) is 5.92. The molecule has 0 aliphatic rings. The minimum atomic E-state index is -0.832. The van der Waals surface area contributed by atoms with Crippen LogP contribution in [-0.4, -0.2) is 25.3 Å². The molecule has 0 aliphatic heterocycles. The molecule has 0 heterocycles. The van der Waals surface area contributed by atoms with Crippen LogP contribution in [-0.2, 0) is 11.2 Å². The maximum atomic E-state index is 10.9. The fourth-order valence-corrected chi connectivity index (χ4v) is 2.02. The van der Waals surface area contributed by atoms with Gasteiger partial charge in [0, 0.05) is 10.0 Å². The highest BCUT2D eigenvalue weighted by molar-refractivity contribution is 9.10. The van der Waals surface area contributed by atoms with Crippen LogP contribution in [0.3, 0.4) is 0 Å². The van der Waals surface area contributed by atoms with Gasteiger partial charge in [0.25, 0.3) is 0 Å². The lowest BCUT2D eigenvalue weighted by Crippen LogP contribution is -2.13. The number of ether oxygens (including phenoxy) is 2.